The van der Waals surface area contributed by atoms with Gasteiger partial charge in [-0.05, 0) is 29.8 Å². The first kappa shape index (κ1) is 11.8. The minimum absolute atomic E-state index is 0.237. The van der Waals surface area contributed by atoms with Gasteiger partial charge in [0.1, 0.15) is 5.75 Å². The monoisotopic (exact) mass is 259 g/mol. The van der Waals surface area contributed by atoms with Gasteiger partial charge in [0.05, 0.1) is 14.2 Å². The highest BCUT2D eigenvalue weighted by atomic mass is 16.5. The lowest BCUT2D eigenvalue weighted by Crippen LogP contribution is -2.36. The average Bonchev–Trinajstić information content (AvgIpc) is 3.12. The van der Waals surface area contributed by atoms with Gasteiger partial charge in [-0.25, -0.2) is 0 Å². The molecule has 5 heteroatoms. The number of hydrogen-bond acceptors (Lipinski definition) is 4. The van der Waals surface area contributed by atoms with E-state index in [2.05, 4.69) is 0 Å². The van der Waals surface area contributed by atoms with Crippen LogP contribution in [0, 0.1) is 5.41 Å². The Labute approximate surface area is 110 Å². The van der Waals surface area contributed by atoms with Gasteiger partial charge >= 0.3 is 5.97 Å². The van der Waals surface area contributed by atoms with E-state index >= 15 is 0 Å². The van der Waals surface area contributed by atoms with E-state index in [0.29, 0.717) is 6.54 Å². The zero-order chi connectivity index (χ0) is 13.6. The smallest absolute Gasteiger partial charge is 0.329 e. The maximum atomic E-state index is 12.4. The molecule has 1 amide bonds. The molecule has 98 valence electrons. The maximum absolute atomic E-state index is 12.4. The number of rotatable bonds is 3. The van der Waals surface area contributed by atoms with E-state index in [4.69, 9.17) is 9.47 Å². The van der Waals surface area contributed by atoms with Gasteiger partial charge in [-0.15, -0.1) is 0 Å². The topological polar surface area (TPSA) is 55.8 Å². The molecular formula is C14H13NO4. The zero-order valence-electron chi connectivity index (χ0n) is 10.7. The first-order valence-electron chi connectivity index (χ1n) is 5.90. The molecule has 0 saturated carbocycles. The molecular weight excluding hydrogens is 246 g/mol. The van der Waals surface area contributed by atoms with Gasteiger partial charge in [-0.2, -0.15) is 0 Å². The molecule has 0 bridgehead atoms. The normalized spacial score (nSPS) is 23.8. The lowest BCUT2D eigenvalue weighted by molar-refractivity contribution is -0.149. The molecule has 19 heavy (non-hydrogen) atoms. The Kier molecular flexibility index (Phi) is 2.38. The third-order valence-corrected chi connectivity index (χ3v) is 3.62. The van der Waals surface area contributed by atoms with E-state index in [1.807, 2.05) is 0 Å². The Hall–Kier alpha value is -2.30. The molecule has 1 atom stereocenters. The minimum atomic E-state index is -1.12. The van der Waals surface area contributed by atoms with E-state index < -0.39 is 11.4 Å². The number of esters is 1. The molecule has 3 rings (SSSR count). The van der Waals surface area contributed by atoms with Gasteiger partial charge in [-0.1, -0.05) is 6.08 Å². The van der Waals surface area contributed by atoms with Crippen LogP contribution in [0.1, 0.15) is 0 Å². The Morgan fingerprint density at radius 1 is 1.26 bits per heavy atom. The summed E-state index contributed by atoms with van der Waals surface area (Å²) in [5.41, 5.74) is 0.455. The summed E-state index contributed by atoms with van der Waals surface area (Å²) in [5.74, 6) is -0.00881. The van der Waals surface area contributed by atoms with Crippen molar-refractivity contribution in [3.8, 4) is 5.75 Å². The van der Waals surface area contributed by atoms with Gasteiger partial charge in [0, 0.05) is 12.2 Å². The average molecular weight is 259 g/mol. The number of benzene rings is 1. The predicted octanol–water partition coefficient (Wildman–Crippen LogP) is 1.14. The van der Waals surface area contributed by atoms with Gasteiger partial charge < -0.3 is 14.4 Å². The molecule has 0 N–H and O–H groups in total. The second-order valence-electron chi connectivity index (χ2n) is 4.56. The second kappa shape index (κ2) is 3.85. The van der Waals surface area contributed by atoms with Crippen molar-refractivity contribution in [3.63, 3.8) is 0 Å². The molecule has 1 unspecified atom stereocenters. The largest absolute Gasteiger partial charge is 0.497 e. The number of carbonyl (C=O) groups excluding carboxylic acids is 2. The lowest BCUT2D eigenvalue weighted by atomic mass is 10.0. The second-order valence-corrected chi connectivity index (χ2v) is 4.56. The standard InChI is InChI=1S/C14H13NO4/c1-18-11-5-3-10(4-6-11)15-8-9-7-14(9,12(15)16)13(17)19-2/h3-7H,8H2,1-2H3. The van der Waals surface area contributed by atoms with Gasteiger partial charge in [0.2, 0.25) is 0 Å². The van der Waals surface area contributed by atoms with Gasteiger partial charge in [0.25, 0.3) is 5.91 Å². The summed E-state index contributed by atoms with van der Waals surface area (Å²) in [7, 11) is 2.88. The van der Waals surface area contributed by atoms with E-state index in [9.17, 15) is 9.59 Å². The van der Waals surface area contributed by atoms with Crippen LogP contribution in [-0.4, -0.2) is 32.6 Å². The molecule has 1 aromatic carbocycles. The molecule has 1 saturated heterocycles. The van der Waals surface area contributed by atoms with Crippen LogP contribution in [0.25, 0.3) is 0 Å². The van der Waals surface area contributed by atoms with Crippen molar-refractivity contribution in [1.29, 1.82) is 0 Å². The number of nitrogens with zero attached hydrogens (tertiary/aromatic N) is 1. The van der Waals surface area contributed by atoms with E-state index in [0.717, 1.165) is 17.0 Å². The van der Waals surface area contributed by atoms with Crippen molar-refractivity contribution < 1.29 is 19.1 Å². The van der Waals surface area contributed by atoms with Crippen LogP contribution in [0.3, 0.4) is 0 Å². The number of hydrogen-bond donors (Lipinski definition) is 0. The van der Waals surface area contributed by atoms with Crippen LogP contribution in [-0.2, 0) is 14.3 Å². The minimum Gasteiger partial charge on any atom is -0.497 e. The van der Waals surface area contributed by atoms with Gasteiger partial charge in [-0.3, -0.25) is 9.59 Å². The van der Waals surface area contributed by atoms with Gasteiger partial charge in [0.15, 0.2) is 5.41 Å². The highest BCUT2D eigenvalue weighted by Gasteiger charge is 2.65. The van der Waals surface area contributed by atoms with E-state index in [-0.39, 0.29) is 5.91 Å². The summed E-state index contributed by atoms with van der Waals surface area (Å²) in [6, 6.07) is 7.16. The number of fused-ring (bicyclic) bond motifs is 1. The fourth-order valence-corrected chi connectivity index (χ4v) is 2.46. The van der Waals surface area contributed by atoms with Crippen molar-refractivity contribution in [3.05, 3.63) is 35.9 Å². The summed E-state index contributed by atoms with van der Waals surface area (Å²) in [6.45, 7) is 0.445. The van der Waals surface area contributed by atoms with Crippen molar-refractivity contribution in [2.45, 2.75) is 0 Å². The van der Waals surface area contributed by atoms with Crippen LogP contribution in [0.5, 0.6) is 5.75 Å². The molecule has 0 spiro atoms. The quantitative estimate of drug-likeness (QED) is 0.464. The Morgan fingerprint density at radius 3 is 2.53 bits per heavy atom. The molecule has 1 fully saturated rings. The summed E-state index contributed by atoms with van der Waals surface area (Å²) in [5, 5.41) is 0. The van der Waals surface area contributed by atoms with Crippen molar-refractivity contribution >= 4 is 17.6 Å². The molecule has 0 aromatic heterocycles. The highest BCUT2D eigenvalue weighted by molar-refractivity contribution is 6.22. The van der Waals surface area contributed by atoms with Crippen LogP contribution >= 0.6 is 0 Å². The number of anilines is 1. The zero-order valence-corrected chi connectivity index (χ0v) is 10.7. The van der Waals surface area contributed by atoms with Crippen LogP contribution in [0.15, 0.2) is 35.9 Å². The Balaban J connectivity index is 1.87. The maximum Gasteiger partial charge on any atom is 0.329 e. The molecule has 1 aromatic rings. The first-order chi connectivity index (χ1) is 9.13. The number of carbonyl (C=O) groups is 2. The SMILES string of the molecule is COC(=O)C12C=C1CN(c1ccc(OC)cc1)C2=O. The van der Waals surface area contributed by atoms with Crippen LogP contribution < -0.4 is 9.64 Å². The fourth-order valence-electron chi connectivity index (χ4n) is 2.46. The number of methoxy groups -OCH3 is 2. The summed E-state index contributed by atoms with van der Waals surface area (Å²) in [6.07, 6.45) is 1.68. The Bertz CT molecular complexity index is 590. The molecule has 1 heterocycles. The van der Waals surface area contributed by atoms with Crippen LogP contribution in [0.4, 0.5) is 5.69 Å². The third-order valence-electron chi connectivity index (χ3n) is 3.62. The van der Waals surface area contributed by atoms with Crippen LogP contribution in [0.2, 0.25) is 0 Å². The molecule has 2 aliphatic rings. The molecule has 5 nitrogen and oxygen atoms in total. The van der Waals surface area contributed by atoms with E-state index in [1.165, 1.54) is 7.11 Å². The first-order valence-corrected chi connectivity index (χ1v) is 5.90. The third kappa shape index (κ3) is 1.47. The highest BCUT2D eigenvalue weighted by Crippen LogP contribution is 2.52. The molecule has 1 aliphatic heterocycles. The predicted molar refractivity (Wildman–Crippen MR) is 67.9 cm³/mol. The summed E-state index contributed by atoms with van der Waals surface area (Å²) in [4.78, 5) is 25.7. The van der Waals surface area contributed by atoms with Crippen molar-refractivity contribution in [1.82, 2.24) is 0 Å². The lowest BCUT2D eigenvalue weighted by Gasteiger charge is -2.19. The summed E-state index contributed by atoms with van der Waals surface area (Å²) >= 11 is 0. The molecule has 0 radical (unpaired) electrons. The number of amides is 1. The number of ether oxygens (including phenoxy) is 2. The van der Waals surface area contributed by atoms with Crippen molar-refractivity contribution in [2.75, 3.05) is 25.7 Å². The van der Waals surface area contributed by atoms with E-state index in [1.54, 1.807) is 42.4 Å². The summed E-state index contributed by atoms with van der Waals surface area (Å²) < 4.78 is 9.79. The van der Waals surface area contributed by atoms with Crippen molar-refractivity contribution in [2.24, 2.45) is 5.41 Å². The fraction of sp³-hybridized carbons (Fsp3) is 0.286. The molecule has 1 aliphatic carbocycles. The Morgan fingerprint density at radius 2 is 1.95 bits per heavy atom.